The SMILES string of the molecule is CCN(C)C=Nc1cc(OC)cc(Cc2cccc(C)c2)c1C. The van der Waals surface area contributed by atoms with Crippen molar-refractivity contribution in [1.82, 2.24) is 4.90 Å². The number of benzene rings is 2. The molecule has 0 aromatic heterocycles. The molecule has 0 atom stereocenters. The second-order valence-electron chi connectivity index (χ2n) is 5.91. The molecule has 0 spiro atoms. The predicted molar refractivity (Wildman–Crippen MR) is 98.2 cm³/mol. The van der Waals surface area contributed by atoms with Gasteiger partial charge < -0.3 is 9.64 Å². The molecule has 0 amide bonds. The molecular weight excluding hydrogens is 284 g/mol. The zero-order chi connectivity index (χ0) is 16.8. The monoisotopic (exact) mass is 310 g/mol. The van der Waals surface area contributed by atoms with Gasteiger partial charge in [0.05, 0.1) is 19.1 Å². The van der Waals surface area contributed by atoms with Crippen molar-refractivity contribution in [3.8, 4) is 5.75 Å². The van der Waals surface area contributed by atoms with Gasteiger partial charge in [0.2, 0.25) is 0 Å². The number of rotatable bonds is 6. The highest BCUT2D eigenvalue weighted by Gasteiger charge is 2.08. The van der Waals surface area contributed by atoms with Crippen LogP contribution in [0.3, 0.4) is 0 Å². The maximum absolute atomic E-state index is 5.46. The van der Waals surface area contributed by atoms with Gasteiger partial charge in [0.15, 0.2) is 0 Å². The van der Waals surface area contributed by atoms with Gasteiger partial charge in [-0.25, -0.2) is 4.99 Å². The van der Waals surface area contributed by atoms with Crippen molar-refractivity contribution in [3.05, 3.63) is 58.7 Å². The molecule has 0 aliphatic carbocycles. The van der Waals surface area contributed by atoms with Crippen LogP contribution in [0.4, 0.5) is 5.69 Å². The summed E-state index contributed by atoms with van der Waals surface area (Å²) >= 11 is 0. The molecule has 3 heteroatoms. The molecule has 0 N–H and O–H groups in total. The Kier molecular flexibility index (Phi) is 5.80. The van der Waals surface area contributed by atoms with Crippen molar-refractivity contribution in [2.45, 2.75) is 27.2 Å². The first-order valence-electron chi connectivity index (χ1n) is 8.01. The van der Waals surface area contributed by atoms with E-state index in [2.05, 4.69) is 61.0 Å². The number of hydrogen-bond donors (Lipinski definition) is 0. The number of ether oxygens (including phenoxy) is 1. The van der Waals surface area contributed by atoms with Crippen LogP contribution in [0.25, 0.3) is 0 Å². The van der Waals surface area contributed by atoms with E-state index in [4.69, 9.17) is 4.74 Å². The summed E-state index contributed by atoms with van der Waals surface area (Å²) in [6, 6.07) is 12.7. The number of nitrogens with zero attached hydrogens (tertiary/aromatic N) is 2. The van der Waals surface area contributed by atoms with Crippen LogP contribution in [0.1, 0.15) is 29.2 Å². The first-order chi connectivity index (χ1) is 11.0. The van der Waals surface area contributed by atoms with Crippen LogP contribution in [-0.2, 0) is 6.42 Å². The second kappa shape index (κ2) is 7.82. The second-order valence-corrected chi connectivity index (χ2v) is 5.91. The van der Waals surface area contributed by atoms with E-state index < -0.39 is 0 Å². The van der Waals surface area contributed by atoms with Crippen molar-refractivity contribution < 1.29 is 4.74 Å². The maximum atomic E-state index is 5.46. The zero-order valence-electron chi connectivity index (χ0n) is 14.8. The minimum absolute atomic E-state index is 0.851. The van der Waals surface area contributed by atoms with Crippen molar-refractivity contribution >= 4 is 12.0 Å². The Hall–Kier alpha value is -2.29. The van der Waals surface area contributed by atoms with Crippen molar-refractivity contribution in [1.29, 1.82) is 0 Å². The molecule has 0 bridgehead atoms. The number of aryl methyl sites for hydroxylation is 1. The first-order valence-corrected chi connectivity index (χ1v) is 8.01. The zero-order valence-corrected chi connectivity index (χ0v) is 14.8. The molecule has 23 heavy (non-hydrogen) atoms. The number of hydrogen-bond acceptors (Lipinski definition) is 2. The summed E-state index contributed by atoms with van der Waals surface area (Å²) in [6.07, 6.45) is 2.76. The highest BCUT2D eigenvalue weighted by Crippen LogP contribution is 2.30. The smallest absolute Gasteiger partial charge is 0.121 e. The third-order valence-corrected chi connectivity index (χ3v) is 4.07. The molecule has 0 fully saturated rings. The van der Waals surface area contributed by atoms with Gasteiger partial charge in [0, 0.05) is 19.7 Å². The normalized spacial score (nSPS) is 11.0. The van der Waals surface area contributed by atoms with Crippen molar-refractivity contribution in [2.24, 2.45) is 4.99 Å². The van der Waals surface area contributed by atoms with E-state index in [1.165, 1.54) is 22.3 Å². The van der Waals surface area contributed by atoms with Crippen LogP contribution >= 0.6 is 0 Å². The van der Waals surface area contributed by atoms with Gasteiger partial charge in [0.25, 0.3) is 0 Å². The Balaban J connectivity index is 2.37. The standard InChI is InChI=1S/C20H26N2O/c1-6-22(4)14-21-20-13-19(23-5)12-18(16(20)3)11-17-9-7-8-15(2)10-17/h7-10,12-14H,6,11H2,1-5H3. The molecule has 2 rings (SSSR count). The minimum atomic E-state index is 0.851. The lowest BCUT2D eigenvalue weighted by Gasteiger charge is -2.13. The molecule has 122 valence electrons. The Morgan fingerprint density at radius 2 is 1.96 bits per heavy atom. The first kappa shape index (κ1) is 17.1. The number of methoxy groups -OCH3 is 1. The summed E-state index contributed by atoms with van der Waals surface area (Å²) in [5, 5.41) is 0. The molecule has 0 saturated heterocycles. The average Bonchev–Trinajstić information content (AvgIpc) is 2.55. The van der Waals surface area contributed by atoms with Gasteiger partial charge in [0.1, 0.15) is 5.75 Å². The molecule has 0 radical (unpaired) electrons. The summed E-state index contributed by atoms with van der Waals surface area (Å²) in [4.78, 5) is 6.68. The molecule has 0 aliphatic rings. The fourth-order valence-electron chi connectivity index (χ4n) is 2.45. The van der Waals surface area contributed by atoms with E-state index in [-0.39, 0.29) is 0 Å². The molecule has 0 heterocycles. The Bertz CT molecular complexity index is 692. The van der Waals surface area contributed by atoms with Crippen molar-refractivity contribution in [3.63, 3.8) is 0 Å². The van der Waals surface area contributed by atoms with E-state index in [1.807, 2.05) is 19.5 Å². The average molecular weight is 310 g/mol. The quantitative estimate of drug-likeness (QED) is 0.579. The minimum Gasteiger partial charge on any atom is -0.497 e. The lowest BCUT2D eigenvalue weighted by Crippen LogP contribution is -2.14. The van der Waals surface area contributed by atoms with Gasteiger partial charge in [-0.3, -0.25) is 0 Å². The fraction of sp³-hybridized carbons (Fsp3) is 0.350. The Morgan fingerprint density at radius 3 is 2.61 bits per heavy atom. The summed E-state index contributed by atoms with van der Waals surface area (Å²) < 4.78 is 5.46. The van der Waals surface area contributed by atoms with Gasteiger partial charge in [-0.2, -0.15) is 0 Å². The van der Waals surface area contributed by atoms with E-state index in [9.17, 15) is 0 Å². The van der Waals surface area contributed by atoms with E-state index in [0.29, 0.717) is 0 Å². The van der Waals surface area contributed by atoms with Crippen LogP contribution in [0, 0.1) is 13.8 Å². The summed E-state index contributed by atoms with van der Waals surface area (Å²) in [6.45, 7) is 7.29. The maximum Gasteiger partial charge on any atom is 0.121 e. The van der Waals surface area contributed by atoms with E-state index >= 15 is 0 Å². The number of aliphatic imine (C=N–C) groups is 1. The highest BCUT2D eigenvalue weighted by molar-refractivity contribution is 5.65. The molecule has 0 aliphatic heterocycles. The van der Waals surface area contributed by atoms with Gasteiger partial charge in [-0.15, -0.1) is 0 Å². The molecule has 3 nitrogen and oxygen atoms in total. The van der Waals surface area contributed by atoms with Crippen molar-refractivity contribution in [2.75, 3.05) is 20.7 Å². The topological polar surface area (TPSA) is 24.8 Å². The Labute approximate surface area is 139 Å². The van der Waals surface area contributed by atoms with Crippen LogP contribution < -0.4 is 4.74 Å². The lowest BCUT2D eigenvalue weighted by molar-refractivity contribution is 0.414. The molecular formula is C20H26N2O. The fourth-order valence-corrected chi connectivity index (χ4v) is 2.45. The van der Waals surface area contributed by atoms with Crippen LogP contribution in [0.5, 0.6) is 5.75 Å². The summed E-state index contributed by atoms with van der Waals surface area (Å²) in [5.41, 5.74) is 6.01. The molecule has 2 aromatic carbocycles. The van der Waals surface area contributed by atoms with Crippen LogP contribution in [-0.4, -0.2) is 31.9 Å². The van der Waals surface area contributed by atoms with Gasteiger partial charge >= 0.3 is 0 Å². The third-order valence-electron chi connectivity index (χ3n) is 4.07. The third kappa shape index (κ3) is 4.59. The highest BCUT2D eigenvalue weighted by atomic mass is 16.5. The largest absolute Gasteiger partial charge is 0.497 e. The lowest BCUT2D eigenvalue weighted by atomic mass is 9.98. The molecule has 2 aromatic rings. The summed E-state index contributed by atoms with van der Waals surface area (Å²) in [5.74, 6) is 0.851. The van der Waals surface area contributed by atoms with Crippen LogP contribution in [0.2, 0.25) is 0 Å². The molecule has 0 unspecified atom stereocenters. The van der Waals surface area contributed by atoms with E-state index in [0.717, 1.165) is 24.4 Å². The molecule has 0 saturated carbocycles. The van der Waals surface area contributed by atoms with Gasteiger partial charge in [-0.05, 0) is 49.9 Å². The van der Waals surface area contributed by atoms with Gasteiger partial charge in [-0.1, -0.05) is 29.8 Å². The van der Waals surface area contributed by atoms with E-state index in [1.54, 1.807) is 7.11 Å². The Morgan fingerprint density at radius 1 is 1.17 bits per heavy atom. The van der Waals surface area contributed by atoms with Crippen LogP contribution in [0.15, 0.2) is 41.4 Å². The summed E-state index contributed by atoms with van der Waals surface area (Å²) in [7, 11) is 3.72. The predicted octanol–water partition coefficient (Wildman–Crippen LogP) is 4.51.